The molecule has 12 heavy (non-hydrogen) atoms. The van der Waals surface area contributed by atoms with E-state index in [-0.39, 0.29) is 5.43 Å². The smallest absolute Gasteiger partial charge is 0.199 e. The number of rotatable bonds is 1. The monoisotopic (exact) mass is 179 g/mol. The van der Waals surface area contributed by atoms with Crippen molar-refractivity contribution in [3.8, 4) is 12.3 Å². The molecule has 0 radical (unpaired) electrons. The van der Waals surface area contributed by atoms with Crippen LogP contribution in [0.4, 0.5) is 0 Å². The van der Waals surface area contributed by atoms with Crippen LogP contribution >= 0.6 is 11.8 Å². The second kappa shape index (κ2) is 3.51. The van der Waals surface area contributed by atoms with Crippen LogP contribution in [0.5, 0.6) is 0 Å². The van der Waals surface area contributed by atoms with Crippen LogP contribution in [-0.2, 0) is 0 Å². The van der Waals surface area contributed by atoms with Crippen molar-refractivity contribution in [1.29, 1.82) is 0 Å². The highest BCUT2D eigenvalue weighted by molar-refractivity contribution is 7.98. The van der Waals surface area contributed by atoms with Gasteiger partial charge in [-0.1, -0.05) is 5.92 Å². The number of H-pyrrole nitrogens is 1. The van der Waals surface area contributed by atoms with Gasteiger partial charge in [0.05, 0.1) is 4.90 Å². The molecule has 2 nitrogen and oxygen atoms in total. The number of aryl methyl sites for hydroxylation is 1. The Morgan fingerprint density at radius 1 is 1.67 bits per heavy atom. The van der Waals surface area contributed by atoms with Gasteiger partial charge in [-0.15, -0.1) is 18.2 Å². The predicted molar refractivity (Wildman–Crippen MR) is 51.5 cm³/mol. The number of thioether (sulfide) groups is 1. The molecule has 0 spiro atoms. The Balaban J connectivity index is 3.49. The molecular weight excluding hydrogens is 170 g/mol. The molecule has 3 heteroatoms. The highest BCUT2D eigenvalue weighted by Gasteiger charge is 2.05. The Morgan fingerprint density at radius 3 is 2.83 bits per heavy atom. The minimum Gasteiger partial charge on any atom is -0.353 e. The number of terminal acetylenes is 1. The maximum absolute atomic E-state index is 11.4. The largest absolute Gasteiger partial charge is 0.353 e. The number of nitrogens with one attached hydrogen (secondary N) is 1. The van der Waals surface area contributed by atoms with E-state index in [1.807, 2.05) is 6.26 Å². The lowest BCUT2D eigenvalue weighted by molar-refractivity contribution is 1.12. The molecule has 0 bridgehead atoms. The molecule has 0 aromatic carbocycles. The van der Waals surface area contributed by atoms with Gasteiger partial charge in [0.2, 0.25) is 0 Å². The third kappa shape index (κ3) is 1.39. The third-order valence-corrected chi connectivity index (χ3v) is 2.37. The second-order valence-electron chi connectivity index (χ2n) is 2.35. The number of aromatic nitrogens is 1. The van der Waals surface area contributed by atoms with Gasteiger partial charge in [0.1, 0.15) is 5.69 Å². The summed E-state index contributed by atoms with van der Waals surface area (Å²) in [4.78, 5) is 15.0. The summed E-state index contributed by atoms with van der Waals surface area (Å²) in [7, 11) is 0. The fourth-order valence-electron chi connectivity index (χ4n) is 0.906. The van der Waals surface area contributed by atoms with E-state index in [1.165, 1.54) is 11.8 Å². The van der Waals surface area contributed by atoms with Crippen LogP contribution in [0.1, 0.15) is 11.3 Å². The molecule has 0 amide bonds. The predicted octanol–water partition coefficient (Wildman–Crippen LogP) is 1.39. The van der Waals surface area contributed by atoms with Crippen LogP contribution in [0, 0.1) is 19.3 Å². The molecule has 0 aliphatic heterocycles. The fraction of sp³-hybridized carbons (Fsp3) is 0.222. The highest BCUT2D eigenvalue weighted by Crippen LogP contribution is 2.12. The van der Waals surface area contributed by atoms with Crippen molar-refractivity contribution < 1.29 is 0 Å². The van der Waals surface area contributed by atoms with Gasteiger partial charge in [-0.05, 0) is 13.2 Å². The molecule has 0 unspecified atom stereocenters. The van der Waals surface area contributed by atoms with Gasteiger partial charge >= 0.3 is 0 Å². The lowest BCUT2D eigenvalue weighted by Crippen LogP contribution is -2.10. The van der Waals surface area contributed by atoms with E-state index >= 15 is 0 Å². The molecule has 62 valence electrons. The molecule has 0 aliphatic rings. The van der Waals surface area contributed by atoms with Gasteiger partial charge in [0.15, 0.2) is 5.43 Å². The van der Waals surface area contributed by atoms with Crippen molar-refractivity contribution in [2.75, 3.05) is 6.26 Å². The van der Waals surface area contributed by atoms with Gasteiger partial charge in [0, 0.05) is 11.8 Å². The standard InChI is InChI=1S/C9H9NOS/c1-4-7-9(12-3)8(11)6(2)5-10-7/h1,5H,2-3H3,(H,10,11). The zero-order valence-corrected chi connectivity index (χ0v) is 7.79. The summed E-state index contributed by atoms with van der Waals surface area (Å²) in [5.41, 5.74) is 1.28. The first kappa shape index (κ1) is 8.95. The van der Waals surface area contributed by atoms with Crippen LogP contribution < -0.4 is 5.43 Å². The minimum absolute atomic E-state index is 0.0224. The third-order valence-electron chi connectivity index (χ3n) is 1.57. The Hall–Kier alpha value is -1.14. The van der Waals surface area contributed by atoms with Gasteiger partial charge in [0.25, 0.3) is 0 Å². The van der Waals surface area contributed by atoms with E-state index in [0.717, 1.165) is 0 Å². The average Bonchev–Trinajstić information content (AvgIpc) is 2.09. The summed E-state index contributed by atoms with van der Waals surface area (Å²) < 4.78 is 0. The number of aromatic amines is 1. The van der Waals surface area contributed by atoms with Crippen LogP contribution in [-0.4, -0.2) is 11.2 Å². The lowest BCUT2D eigenvalue weighted by atomic mass is 10.2. The normalized spacial score (nSPS) is 9.42. The van der Waals surface area contributed by atoms with Crippen LogP contribution in [0.25, 0.3) is 0 Å². The zero-order chi connectivity index (χ0) is 9.14. The zero-order valence-electron chi connectivity index (χ0n) is 6.97. The lowest BCUT2D eigenvalue weighted by Gasteiger charge is -2.00. The maximum atomic E-state index is 11.4. The summed E-state index contributed by atoms with van der Waals surface area (Å²) >= 11 is 1.37. The van der Waals surface area contributed by atoms with Crippen LogP contribution in [0.15, 0.2) is 15.9 Å². The SMILES string of the molecule is C#Cc1[nH]cc(C)c(=O)c1SC. The first-order valence-electron chi connectivity index (χ1n) is 3.43. The molecule has 1 heterocycles. The van der Waals surface area contributed by atoms with Crippen molar-refractivity contribution in [2.45, 2.75) is 11.8 Å². The molecule has 1 rings (SSSR count). The summed E-state index contributed by atoms with van der Waals surface area (Å²) in [6, 6.07) is 0. The number of hydrogen-bond donors (Lipinski definition) is 1. The fourth-order valence-corrected chi connectivity index (χ4v) is 1.57. The van der Waals surface area contributed by atoms with Crippen molar-refractivity contribution in [1.82, 2.24) is 4.98 Å². The Labute approximate surface area is 75.4 Å². The summed E-state index contributed by atoms with van der Waals surface area (Å²) in [6.07, 6.45) is 8.69. The van der Waals surface area contributed by atoms with Gasteiger partial charge in [-0.3, -0.25) is 4.79 Å². The van der Waals surface area contributed by atoms with E-state index in [1.54, 1.807) is 13.1 Å². The Morgan fingerprint density at radius 2 is 2.33 bits per heavy atom. The van der Waals surface area contributed by atoms with Crippen molar-refractivity contribution >= 4 is 11.8 Å². The molecule has 1 aromatic heterocycles. The molecule has 0 saturated heterocycles. The number of pyridine rings is 1. The van der Waals surface area contributed by atoms with Crippen LogP contribution in [0.2, 0.25) is 0 Å². The van der Waals surface area contributed by atoms with Gasteiger partial charge < -0.3 is 4.98 Å². The van der Waals surface area contributed by atoms with E-state index < -0.39 is 0 Å². The molecule has 0 aliphatic carbocycles. The van der Waals surface area contributed by atoms with E-state index in [4.69, 9.17) is 6.42 Å². The molecule has 1 N–H and O–H groups in total. The van der Waals surface area contributed by atoms with Gasteiger partial charge in [-0.25, -0.2) is 0 Å². The van der Waals surface area contributed by atoms with Crippen molar-refractivity contribution in [3.05, 3.63) is 27.7 Å². The van der Waals surface area contributed by atoms with E-state index in [0.29, 0.717) is 16.2 Å². The molecule has 1 aromatic rings. The topological polar surface area (TPSA) is 32.9 Å². The van der Waals surface area contributed by atoms with Crippen molar-refractivity contribution in [3.63, 3.8) is 0 Å². The van der Waals surface area contributed by atoms with E-state index in [9.17, 15) is 4.79 Å². The number of hydrogen-bond acceptors (Lipinski definition) is 2. The van der Waals surface area contributed by atoms with E-state index in [2.05, 4.69) is 10.9 Å². The highest BCUT2D eigenvalue weighted by atomic mass is 32.2. The molecular formula is C9H9NOS. The minimum atomic E-state index is 0.0224. The molecule has 0 fully saturated rings. The van der Waals surface area contributed by atoms with Crippen molar-refractivity contribution in [2.24, 2.45) is 0 Å². The van der Waals surface area contributed by atoms with Gasteiger partial charge in [-0.2, -0.15) is 0 Å². The Bertz CT molecular complexity index is 386. The Kier molecular flexibility index (Phi) is 2.61. The average molecular weight is 179 g/mol. The molecule has 0 saturated carbocycles. The summed E-state index contributed by atoms with van der Waals surface area (Å²) in [6.45, 7) is 1.76. The first-order chi connectivity index (χ1) is 5.70. The quantitative estimate of drug-likeness (QED) is 0.522. The van der Waals surface area contributed by atoms with Crippen LogP contribution in [0.3, 0.4) is 0 Å². The first-order valence-corrected chi connectivity index (χ1v) is 4.66. The maximum Gasteiger partial charge on any atom is 0.199 e. The molecule has 0 atom stereocenters. The second-order valence-corrected chi connectivity index (χ2v) is 3.17. The summed E-state index contributed by atoms with van der Waals surface area (Å²) in [5, 5.41) is 0. The summed E-state index contributed by atoms with van der Waals surface area (Å²) in [5.74, 6) is 2.44.